The van der Waals surface area contributed by atoms with E-state index in [0.717, 1.165) is 36.0 Å². The maximum atomic E-state index is 13.2. The molecule has 0 aliphatic carbocycles. The molecule has 0 amide bonds. The third-order valence-corrected chi connectivity index (χ3v) is 5.71. The molecule has 0 spiro atoms. The Balaban J connectivity index is 1.71. The van der Waals surface area contributed by atoms with Crippen LogP contribution in [-0.4, -0.2) is 34.0 Å². The minimum atomic E-state index is -0.354. The van der Waals surface area contributed by atoms with E-state index in [1.807, 2.05) is 18.3 Å². The first-order valence-electron chi connectivity index (χ1n) is 9.89. The second kappa shape index (κ2) is 7.16. The number of carbonyl (C=O) groups is 1. The molecule has 1 aliphatic heterocycles. The molecule has 0 atom stereocenters. The number of benzene rings is 2. The van der Waals surface area contributed by atoms with E-state index in [2.05, 4.69) is 31.7 Å². The van der Waals surface area contributed by atoms with Crippen molar-refractivity contribution >= 4 is 22.3 Å². The van der Waals surface area contributed by atoms with Gasteiger partial charge in [0.05, 0.1) is 5.52 Å². The molecule has 3 aromatic rings. The predicted octanol–water partition coefficient (Wildman–Crippen LogP) is 4.61. The lowest BCUT2D eigenvalue weighted by molar-refractivity contribution is 0.103. The van der Waals surface area contributed by atoms with E-state index >= 15 is 0 Å². The smallest absolute Gasteiger partial charge is 0.193 e. The summed E-state index contributed by atoms with van der Waals surface area (Å²) in [4.78, 5) is 15.3. The topological polar surface area (TPSA) is 51.3 Å². The van der Waals surface area contributed by atoms with Gasteiger partial charge < -0.3 is 5.84 Å². The zero-order valence-corrected chi connectivity index (χ0v) is 17.1. The quantitative estimate of drug-likeness (QED) is 0.524. The summed E-state index contributed by atoms with van der Waals surface area (Å²) in [5.41, 5.74) is 4.39. The molecule has 0 saturated carbocycles. The van der Waals surface area contributed by atoms with Crippen LogP contribution in [-0.2, 0) is 0 Å². The Morgan fingerprint density at radius 1 is 1.07 bits per heavy atom. The number of carbonyl (C=O) groups excluding carboxylic acids is 1. The molecule has 0 saturated heterocycles. The zero-order chi connectivity index (χ0) is 20.8. The Labute approximate surface area is 170 Å². The van der Waals surface area contributed by atoms with E-state index < -0.39 is 0 Å². The number of rotatable bonds is 3. The maximum Gasteiger partial charge on any atom is 0.193 e. The van der Waals surface area contributed by atoms with E-state index in [-0.39, 0.29) is 17.1 Å². The van der Waals surface area contributed by atoms with Crippen molar-refractivity contribution in [3.63, 3.8) is 0 Å². The van der Waals surface area contributed by atoms with Crippen LogP contribution in [0.2, 0.25) is 0 Å². The van der Waals surface area contributed by atoms with Crippen LogP contribution in [0.3, 0.4) is 0 Å². The fourth-order valence-electron chi connectivity index (χ4n) is 3.94. The highest BCUT2D eigenvalue weighted by molar-refractivity contribution is 6.11. The van der Waals surface area contributed by atoms with Gasteiger partial charge in [-0.25, -0.2) is 4.39 Å². The average molecular weight is 391 g/mol. The lowest BCUT2D eigenvalue weighted by Gasteiger charge is -2.37. The molecular formula is C24H26FN3O. The Kier molecular flexibility index (Phi) is 4.79. The number of nitrogens with zero attached hydrogens (tertiary/aromatic N) is 2. The molecule has 4 rings (SSSR count). The Bertz CT molecular complexity index is 1100. The first-order valence-corrected chi connectivity index (χ1v) is 9.89. The van der Waals surface area contributed by atoms with Gasteiger partial charge in [-0.15, -0.1) is 0 Å². The molecule has 5 heteroatoms. The number of aromatic nitrogens is 1. The average Bonchev–Trinajstić information content (AvgIpc) is 3.03. The molecule has 2 N–H and O–H groups in total. The van der Waals surface area contributed by atoms with Crippen molar-refractivity contribution in [1.29, 1.82) is 0 Å². The van der Waals surface area contributed by atoms with E-state index in [1.165, 1.54) is 29.8 Å². The zero-order valence-electron chi connectivity index (χ0n) is 17.1. The summed E-state index contributed by atoms with van der Waals surface area (Å²) in [5.74, 6) is 5.71. The largest absolute Gasteiger partial charge is 0.339 e. The van der Waals surface area contributed by atoms with E-state index in [1.54, 1.807) is 10.7 Å². The minimum absolute atomic E-state index is 0.126. The van der Waals surface area contributed by atoms with Crippen LogP contribution in [0.5, 0.6) is 0 Å². The first-order chi connectivity index (χ1) is 13.7. The lowest BCUT2D eigenvalue weighted by atomic mass is 9.94. The Morgan fingerprint density at radius 3 is 2.38 bits per heavy atom. The van der Waals surface area contributed by atoms with Crippen LogP contribution in [0.4, 0.5) is 4.39 Å². The Hall–Kier alpha value is -2.92. The molecule has 150 valence electrons. The van der Waals surface area contributed by atoms with Crippen LogP contribution >= 0.6 is 0 Å². The van der Waals surface area contributed by atoms with Crippen molar-refractivity contribution in [2.24, 2.45) is 0 Å². The summed E-state index contributed by atoms with van der Waals surface area (Å²) in [6.07, 6.45) is 5.14. The number of ketones is 1. The SMILES string of the molecule is CC(C)(C)N1CC=C(c2cn(N)c3ccc(C(=O)c4ccc(F)cc4)cc23)CC1. The minimum Gasteiger partial charge on any atom is -0.339 e. The van der Waals surface area contributed by atoms with Crippen molar-refractivity contribution in [3.05, 3.63) is 77.2 Å². The van der Waals surface area contributed by atoms with Gasteiger partial charge in [-0.1, -0.05) is 6.08 Å². The van der Waals surface area contributed by atoms with E-state index in [9.17, 15) is 9.18 Å². The van der Waals surface area contributed by atoms with Crippen molar-refractivity contribution in [1.82, 2.24) is 9.58 Å². The second-order valence-corrected chi connectivity index (χ2v) is 8.61. The highest BCUT2D eigenvalue weighted by Gasteiger charge is 2.24. The van der Waals surface area contributed by atoms with Gasteiger partial charge in [0, 0.05) is 46.9 Å². The highest BCUT2D eigenvalue weighted by atomic mass is 19.1. The van der Waals surface area contributed by atoms with Crippen LogP contribution in [0.1, 0.15) is 48.7 Å². The normalized spacial score (nSPS) is 15.5. The molecule has 0 unspecified atom stereocenters. The molecule has 1 aromatic heterocycles. The highest BCUT2D eigenvalue weighted by Crippen LogP contribution is 2.32. The van der Waals surface area contributed by atoms with Gasteiger partial charge in [-0.2, -0.15) is 0 Å². The molecule has 2 heterocycles. The number of hydrogen-bond donors (Lipinski definition) is 1. The maximum absolute atomic E-state index is 13.2. The van der Waals surface area contributed by atoms with Gasteiger partial charge in [0.2, 0.25) is 0 Å². The fraction of sp³-hybridized carbons (Fsp3) is 0.292. The van der Waals surface area contributed by atoms with Crippen LogP contribution in [0, 0.1) is 5.82 Å². The van der Waals surface area contributed by atoms with Gasteiger partial charge in [-0.05, 0) is 75.2 Å². The van der Waals surface area contributed by atoms with Crippen molar-refractivity contribution in [2.45, 2.75) is 32.7 Å². The summed E-state index contributed by atoms with van der Waals surface area (Å²) in [7, 11) is 0. The third-order valence-electron chi connectivity index (χ3n) is 5.71. The molecule has 4 nitrogen and oxygen atoms in total. The predicted molar refractivity (Wildman–Crippen MR) is 116 cm³/mol. The number of nitrogens with two attached hydrogens (primary N) is 1. The monoisotopic (exact) mass is 391 g/mol. The molecule has 0 fully saturated rings. The molecule has 0 radical (unpaired) electrons. The fourth-order valence-corrected chi connectivity index (χ4v) is 3.94. The first kappa shape index (κ1) is 19.4. The number of nitrogen functional groups attached to an aromatic ring is 1. The van der Waals surface area contributed by atoms with Crippen molar-refractivity contribution in [2.75, 3.05) is 18.9 Å². The molecule has 2 aromatic carbocycles. The second-order valence-electron chi connectivity index (χ2n) is 8.61. The summed E-state index contributed by atoms with van der Waals surface area (Å²) in [6, 6.07) is 11.2. The van der Waals surface area contributed by atoms with Gasteiger partial charge in [0.1, 0.15) is 5.82 Å². The number of halogens is 1. The van der Waals surface area contributed by atoms with Crippen molar-refractivity contribution in [3.8, 4) is 0 Å². The number of hydrogen-bond acceptors (Lipinski definition) is 3. The van der Waals surface area contributed by atoms with E-state index in [4.69, 9.17) is 5.84 Å². The van der Waals surface area contributed by atoms with Gasteiger partial charge in [0.25, 0.3) is 0 Å². The Morgan fingerprint density at radius 2 is 1.76 bits per heavy atom. The van der Waals surface area contributed by atoms with Gasteiger partial charge in [-0.3, -0.25) is 14.4 Å². The summed E-state index contributed by atoms with van der Waals surface area (Å²) < 4.78 is 14.8. The van der Waals surface area contributed by atoms with Crippen molar-refractivity contribution < 1.29 is 9.18 Å². The summed E-state index contributed by atoms with van der Waals surface area (Å²) in [6.45, 7) is 8.56. The van der Waals surface area contributed by atoms with Gasteiger partial charge in [0.15, 0.2) is 5.78 Å². The molecule has 0 bridgehead atoms. The lowest BCUT2D eigenvalue weighted by Crippen LogP contribution is -2.43. The van der Waals surface area contributed by atoms with Crippen LogP contribution in [0.15, 0.2) is 54.7 Å². The summed E-state index contributed by atoms with van der Waals surface area (Å²) in [5, 5.41) is 0.968. The molecule has 29 heavy (non-hydrogen) atoms. The summed E-state index contributed by atoms with van der Waals surface area (Å²) >= 11 is 0. The molecule has 1 aliphatic rings. The standard InChI is InChI=1S/C24H26FN3O/c1-24(2,3)27-12-10-16(11-13-27)21-15-28(26)22-9-6-18(14-20(21)22)23(29)17-4-7-19(25)8-5-17/h4-10,14-15H,11-13,26H2,1-3H3. The number of fused-ring (bicyclic) bond motifs is 1. The van der Waals surface area contributed by atoms with E-state index in [0.29, 0.717) is 11.1 Å². The molecular weight excluding hydrogens is 365 g/mol. The third kappa shape index (κ3) is 3.70. The van der Waals surface area contributed by atoms with Crippen LogP contribution in [0.25, 0.3) is 16.5 Å². The van der Waals surface area contributed by atoms with Gasteiger partial charge >= 0.3 is 0 Å². The van der Waals surface area contributed by atoms with Crippen LogP contribution < -0.4 is 5.84 Å².